The van der Waals surface area contributed by atoms with Gasteiger partial charge in [0, 0.05) is 22.9 Å². The first-order chi connectivity index (χ1) is 9.69. The van der Waals surface area contributed by atoms with Gasteiger partial charge in [0.1, 0.15) is 18.5 Å². The highest BCUT2D eigenvalue weighted by molar-refractivity contribution is 7.99. The molecule has 1 aliphatic carbocycles. The van der Waals surface area contributed by atoms with Gasteiger partial charge in [-0.15, -0.1) is 0 Å². The van der Waals surface area contributed by atoms with Crippen molar-refractivity contribution >= 4 is 23.4 Å². The molecule has 0 amide bonds. The molecule has 0 aromatic heterocycles. The molecule has 1 aliphatic rings. The summed E-state index contributed by atoms with van der Waals surface area (Å²) < 4.78 is 5.54. The van der Waals surface area contributed by atoms with Crippen LogP contribution in [-0.2, 0) is 0 Å². The normalized spacial score (nSPS) is 23.8. The highest BCUT2D eigenvalue weighted by Crippen LogP contribution is 2.28. The van der Waals surface area contributed by atoms with Crippen LogP contribution in [-0.4, -0.2) is 41.9 Å². The molecule has 1 aromatic rings. The van der Waals surface area contributed by atoms with E-state index in [2.05, 4.69) is 11.6 Å². The van der Waals surface area contributed by atoms with E-state index >= 15 is 0 Å². The van der Waals surface area contributed by atoms with Crippen LogP contribution in [0.4, 0.5) is 0 Å². The van der Waals surface area contributed by atoms with Crippen molar-refractivity contribution < 1.29 is 9.84 Å². The van der Waals surface area contributed by atoms with Crippen molar-refractivity contribution in [1.29, 1.82) is 0 Å². The van der Waals surface area contributed by atoms with Gasteiger partial charge >= 0.3 is 0 Å². The van der Waals surface area contributed by atoms with Crippen molar-refractivity contribution in [3.05, 3.63) is 29.3 Å². The Labute approximate surface area is 130 Å². The van der Waals surface area contributed by atoms with Crippen LogP contribution in [0.3, 0.4) is 0 Å². The number of hydrogen-bond donors (Lipinski definition) is 2. The molecule has 2 rings (SSSR count). The maximum Gasteiger partial charge on any atom is 0.119 e. The molecule has 3 nitrogen and oxygen atoms in total. The van der Waals surface area contributed by atoms with E-state index in [0.29, 0.717) is 29.5 Å². The summed E-state index contributed by atoms with van der Waals surface area (Å²) in [6.45, 7) is 0.876. The van der Waals surface area contributed by atoms with Gasteiger partial charge in [-0.3, -0.25) is 0 Å². The zero-order valence-corrected chi connectivity index (χ0v) is 13.3. The maximum atomic E-state index is 9.96. The number of ether oxygens (including phenoxy) is 1. The standard InChI is InChI=1S/C15H22ClNO2S/c1-20-15-4-2-3-14(15)17-9-12(18)10-19-13-7-5-11(16)6-8-13/h5-8,12,14-15,17-18H,2-4,9-10H2,1H3. The fraction of sp³-hybridized carbons (Fsp3) is 0.600. The predicted octanol–water partition coefficient (Wildman–Crippen LogP) is 2.95. The highest BCUT2D eigenvalue weighted by atomic mass is 35.5. The minimum absolute atomic E-state index is 0.297. The first kappa shape index (κ1) is 16.0. The Morgan fingerprint density at radius 3 is 2.85 bits per heavy atom. The molecule has 0 radical (unpaired) electrons. The molecule has 0 heterocycles. The first-order valence-corrected chi connectivity index (χ1v) is 8.68. The summed E-state index contributed by atoms with van der Waals surface area (Å²) in [5, 5.41) is 14.8. The Bertz CT molecular complexity index is 401. The maximum absolute atomic E-state index is 9.96. The van der Waals surface area contributed by atoms with Crippen molar-refractivity contribution in [2.75, 3.05) is 19.4 Å². The van der Waals surface area contributed by atoms with Crippen LogP contribution in [0.1, 0.15) is 19.3 Å². The molecule has 0 aliphatic heterocycles. The second-order valence-corrected chi connectivity index (χ2v) is 6.65. The Morgan fingerprint density at radius 2 is 2.15 bits per heavy atom. The zero-order valence-electron chi connectivity index (χ0n) is 11.7. The van der Waals surface area contributed by atoms with Crippen molar-refractivity contribution in [2.45, 2.75) is 36.7 Å². The van der Waals surface area contributed by atoms with E-state index in [9.17, 15) is 5.11 Å². The summed E-state index contributed by atoms with van der Waals surface area (Å²) in [6.07, 6.45) is 5.42. The summed E-state index contributed by atoms with van der Waals surface area (Å²) >= 11 is 7.72. The third-order valence-corrected chi connectivity index (χ3v) is 5.05. The number of aliphatic hydroxyl groups is 1. The van der Waals surface area contributed by atoms with Crippen molar-refractivity contribution in [3.63, 3.8) is 0 Å². The smallest absolute Gasteiger partial charge is 0.119 e. The molecule has 1 fully saturated rings. The summed E-state index contributed by atoms with van der Waals surface area (Å²) in [5.74, 6) is 0.733. The summed E-state index contributed by atoms with van der Waals surface area (Å²) in [5.41, 5.74) is 0. The summed E-state index contributed by atoms with van der Waals surface area (Å²) in [7, 11) is 0. The van der Waals surface area contributed by atoms with E-state index in [0.717, 1.165) is 5.75 Å². The second-order valence-electron chi connectivity index (χ2n) is 5.14. The quantitative estimate of drug-likeness (QED) is 0.812. The minimum atomic E-state index is -0.492. The third kappa shape index (κ3) is 4.85. The van der Waals surface area contributed by atoms with Crippen LogP contribution in [0.2, 0.25) is 5.02 Å². The van der Waals surface area contributed by atoms with Gasteiger partial charge < -0.3 is 15.2 Å². The average Bonchev–Trinajstić information content (AvgIpc) is 2.92. The van der Waals surface area contributed by atoms with Gasteiger partial charge in [0.15, 0.2) is 0 Å². The van der Waals surface area contributed by atoms with E-state index < -0.39 is 6.10 Å². The van der Waals surface area contributed by atoms with E-state index in [1.54, 1.807) is 12.1 Å². The van der Waals surface area contributed by atoms with Crippen LogP contribution >= 0.6 is 23.4 Å². The lowest BCUT2D eigenvalue weighted by Crippen LogP contribution is -2.40. The Kier molecular flexibility index (Phi) is 6.49. The first-order valence-electron chi connectivity index (χ1n) is 7.01. The molecule has 3 unspecified atom stereocenters. The lowest BCUT2D eigenvalue weighted by atomic mass is 10.2. The Balaban J connectivity index is 1.67. The molecule has 0 bridgehead atoms. The van der Waals surface area contributed by atoms with Crippen LogP contribution in [0, 0.1) is 0 Å². The third-order valence-electron chi connectivity index (χ3n) is 3.63. The van der Waals surface area contributed by atoms with Gasteiger partial charge in [-0.25, -0.2) is 0 Å². The summed E-state index contributed by atoms with van der Waals surface area (Å²) in [6, 6.07) is 7.70. The van der Waals surface area contributed by atoms with Crippen LogP contribution in [0.5, 0.6) is 5.75 Å². The molecule has 3 atom stereocenters. The molecular weight excluding hydrogens is 294 g/mol. The fourth-order valence-electron chi connectivity index (χ4n) is 2.51. The summed E-state index contributed by atoms with van der Waals surface area (Å²) in [4.78, 5) is 0. The molecule has 1 saturated carbocycles. The molecule has 5 heteroatoms. The number of rotatable bonds is 7. The number of thioether (sulfide) groups is 1. The molecule has 2 N–H and O–H groups in total. The van der Waals surface area contributed by atoms with E-state index in [1.165, 1.54) is 19.3 Å². The van der Waals surface area contributed by atoms with Gasteiger partial charge in [0.2, 0.25) is 0 Å². The van der Waals surface area contributed by atoms with Crippen LogP contribution in [0.25, 0.3) is 0 Å². The predicted molar refractivity (Wildman–Crippen MR) is 85.9 cm³/mol. The van der Waals surface area contributed by atoms with E-state index in [4.69, 9.17) is 16.3 Å². The lowest BCUT2D eigenvalue weighted by molar-refractivity contribution is 0.104. The number of nitrogens with one attached hydrogen (secondary N) is 1. The van der Waals surface area contributed by atoms with Crippen LogP contribution < -0.4 is 10.1 Å². The molecular formula is C15H22ClNO2S. The fourth-order valence-corrected chi connectivity index (χ4v) is 3.60. The lowest BCUT2D eigenvalue weighted by Gasteiger charge is -2.21. The van der Waals surface area contributed by atoms with Crippen molar-refractivity contribution in [3.8, 4) is 5.75 Å². The molecule has 0 saturated heterocycles. The molecule has 0 spiro atoms. The highest BCUT2D eigenvalue weighted by Gasteiger charge is 2.26. The van der Waals surface area contributed by atoms with Gasteiger partial charge in [0.25, 0.3) is 0 Å². The average molecular weight is 316 g/mol. The number of halogens is 1. The number of hydrogen-bond acceptors (Lipinski definition) is 4. The van der Waals surface area contributed by atoms with Crippen molar-refractivity contribution in [1.82, 2.24) is 5.32 Å². The zero-order chi connectivity index (χ0) is 14.4. The van der Waals surface area contributed by atoms with Crippen molar-refractivity contribution in [2.24, 2.45) is 0 Å². The van der Waals surface area contributed by atoms with Gasteiger partial charge in [-0.1, -0.05) is 18.0 Å². The van der Waals surface area contributed by atoms with Gasteiger partial charge in [-0.2, -0.15) is 11.8 Å². The molecule has 112 valence electrons. The monoisotopic (exact) mass is 315 g/mol. The SMILES string of the molecule is CSC1CCCC1NCC(O)COc1ccc(Cl)cc1. The Morgan fingerprint density at radius 1 is 1.40 bits per heavy atom. The largest absolute Gasteiger partial charge is 0.491 e. The topological polar surface area (TPSA) is 41.5 Å². The van der Waals surface area contributed by atoms with Gasteiger partial charge in [0.05, 0.1) is 0 Å². The van der Waals surface area contributed by atoms with Gasteiger partial charge in [-0.05, 0) is 43.4 Å². The number of aliphatic hydroxyl groups excluding tert-OH is 1. The van der Waals surface area contributed by atoms with E-state index in [1.807, 2.05) is 23.9 Å². The van der Waals surface area contributed by atoms with Crippen LogP contribution in [0.15, 0.2) is 24.3 Å². The van der Waals surface area contributed by atoms with E-state index in [-0.39, 0.29) is 0 Å². The minimum Gasteiger partial charge on any atom is -0.491 e. The molecule has 1 aromatic carbocycles. The Hall–Kier alpha value is -0.420. The second kappa shape index (κ2) is 8.13. The number of benzene rings is 1. The molecule has 20 heavy (non-hydrogen) atoms.